The van der Waals surface area contributed by atoms with Crippen molar-refractivity contribution in [3.05, 3.63) is 41.0 Å². The zero-order valence-electron chi connectivity index (χ0n) is 14.5. The summed E-state index contributed by atoms with van der Waals surface area (Å²) >= 11 is 0. The number of aryl methyl sites for hydroxylation is 2. The summed E-state index contributed by atoms with van der Waals surface area (Å²) in [4.78, 5) is 19.4. The maximum atomic E-state index is 12.7. The Balaban J connectivity index is 1.49. The minimum absolute atomic E-state index is 0.127. The number of nitrogens with one attached hydrogen (secondary N) is 1. The molecule has 1 saturated heterocycles. The van der Waals surface area contributed by atoms with Crippen LogP contribution in [-0.4, -0.2) is 44.2 Å². The number of hydrogen-bond donors (Lipinski definition) is 1. The Hall–Kier alpha value is -2.70. The molecular formula is C18H21N5O2. The third-order valence-electron chi connectivity index (χ3n) is 5.02. The van der Waals surface area contributed by atoms with Gasteiger partial charge in [-0.3, -0.25) is 9.89 Å². The van der Waals surface area contributed by atoms with Crippen LogP contribution in [0.1, 0.15) is 41.5 Å². The first kappa shape index (κ1) is 15.8. The van der Waals surface area contributed by atoms with Crippen molar-refractivity contribution in [2.75, 3.05) is 13.1 Å². The fraction of sp³-hybridized carbons (Fsp3) is 0.444. The van der Waals surface area contributed by atoms with Gasteiger partial charge in [0.25, 0.3) is 0 Å². The van der Waals surface area contributed by atoms with Gasteiger partial charge in [-0.05, 0) is 38.8 Å². The van der Waals surface area contributed by atoms with E-state index in [4.69, 9.17) is 4.52 Å². The number of pyridine rings is 1. The lowest BCUT2D eigenvalue weighted by atomic mass is 9.93. The monoisotopic (exact) mass is 339 g/mol. The summed E-state index contributed by atoms with van der Waals surface area (Å²) in [7, 11) is 0. The van der Waals surface area contributed by atoms with E-state index in [0.717, 1.165) is 53.1 Å². The highest BCUT2D eigenvalue weighted by Crippen LogP contribution is 2.27. The molecule has 4 heterocycles. The molecule has 0 aliphatic carbocycles. The highest BCUT2D eigenvalue weighted by Gasteiger charge is 2.27. The molecule has 0 saturated carbocycles. The fourth-order valence-electron chi connectivity index (χ4n) is 3.53. The van der Waals surface area contributed by atoms with E-state index in [1.54, 1.807) is 6.20 Å². The Morgan fingerprint density at radius 2 is 2.28 bits per heavy atom. The summed E-state index contributed by atoms with van der Waals surface area (Å²) in [6.45, 7) is 5.23. The van der Waals surface area contributed by atoms with Gasteiger partial charge < -0.3 is 9.42 Å². The van der Waals surface area contributed by atoms with E-state index in [9.17, 15) is 4.79 Å². The number of piperidine rings is 1. The second-order valence-electron chi connectivity index (χ2n) is 6.70. The van der Waals surface area contributed by atoms with Crippen LogP contribution < -0.4 is 0 Å². The van der Waals surface area contributed by atoms with Gasteiger partial charge in [0.1, 0.15) is 5.76 Å². The molecule has 0 unspecified atom stereocenters. The van der Waals surface area contributed by atoms with E-state index in [-0.39, 0.29) is 11.8 Å². The summed E-state index contributed by atoms with van der Waals surface area (Å²) < 4.78 is 5.17. The molecule has 1 fully saturated rings. The number of aromatic nitrogens is 4. The Bertz CT molecular complexity index is 894. The van der Waals surface area contributed by atoms with Crippen LogP contribution in [0.4, 0.5) is 0 Å². The summed E-state index contributed by atoms with van der Waals surface area (Å²) in [6, 6.07) is 4.08. The molecule has 3 aromatic heterocycles. The van der Waals surface area contributed by atoms with Crippen LogP contribution in [0.2, 0.25) is 0 Å². The van der Waals surface area contributed by atoms with Gasteiger partial charge in [0, 0.05) is 35.7 Å². The molecule has 1 amide bonds. The van der Waals surface area contributed by atoms with Crippen molar-refractivity contribution in [3.63, 3.8) is 0 Å². The molecule has 0 bridgehead atoms. The van der Waals surface area contributed by atoms with E-state index in [1.165, 1.54) is 0 Å². The first-order valence-corrected chi connectivity index (χ1v) is 8.61. The molecule has 130 valence electrons. The smallest absolute Gasteiger partial charge is 0.227 e. The molecule has 4 rings (SSSR count). The fourth-order valence-corrected chi connectivity index (χ4v) is 3.53. The minimum atomic E-state index is 0.127. The van der Waals surface area contributed by atoms with Crippen LogP contribution in [0, 0.1) is 13.8 Å². The van der Waals surface area contributed by atoms with Gasteiger partial charge in [0.05, 0.1) is 18.3 Å². The van der Waals surface area contributed by atoms with Gasteiger partial charge >= 0.3 is 0 Å². The molecule has 1 atom stereocenters. The Morgan fingerprint density at radius 3 is 3.08 bits per heavy atom. The first-order chi connectivity index (χ1) is 12.1. The van der Waals surface area contributed by atoms with Crippen LogP contribution in [0.25, 0.3) is 11.0 Å². The molecule has 7 nitrogen and oxygen atoms in total. The topological polar surface area (TPSA) is 87.9 Å². The number of nitrogens with zero attached hydrogens (tertiary/aromatic N) is 4. The van der Waals surface area contributed by atoms with Crippen LogP contribution in [0.3, 0.4) is 0 Å². The maximum Gasteiger partial charge on any atom is 0.227 e. The molecule has 1 aliphatic rings. The van der Waals surface area contributed by atoms with Crippen LogP contribution in [0.5, 0.6) is 0 Å². The molecule has 0 aromatic carbocycles. The van der Waals surface area contributed by atoms with Gasteiger partial charge in [-0.2, -0.15) is 5.10 Å². The number of hydrogen-bond acceptors (Lipinski definition) is 5. The van der Waals surface area contributed by atoms with Crippen LogP contribution >= 0.6 is 0 Å². The average Bonchev–Trinajstić information content (AvgIpc) is 3.22. The zero-order valence-corrected chi connectivity index (χ0v) is 14.5. The van der Waals surface area contributed by atoms with Gasteiger partial charge in [-0.15, -0.1) is 0 Å². The quantitative estimate of drug-likeness (QED) is 0.792. The predicted molar refractivity (Wildman–Crippen MR) is 92.1 cm³/mol. The van der Waals surface area contributed by atoms with E-state index in [1.807, 2.05) is 30.9 Å². The summed E-state index contributed by atoms with van der Waals surface area (Å²) in [5, 5.41) is 11.9. The SMILES string of the molecule is Cc1noc(C)c1CC(=O)N1CCC[C@H](c2ccc3cn[nH]c3n2)C1. The molecule has 0 radical (unpaired) electrons. The Morgan fingerprint density at radius 1 is 1.40 bits per heavy atom. The normalized spacial score (nSPS) is 18.0. The van der Waals surface area contributed by atoms with Crippen molar-refractivity contribution in [3.8, 4) is 0 Å². The van der Waals surface area contributed by atoms with Crippen LogP contribution in [-0.2, 0) is 11.2 Å². The van der Waals surface area contributed by atoms with Gasteiger partial charge in [-0.25, -0.2) is 4.98 Å². The number of H-pyrrole nitrogens is 1. The van der Waals surface area contributed by atoms with Crippen molar-refractivity contribution in [1.82, 2.24) is 25.2 Å². The van der Waals surface area contributed by atoms with E-state index in [2.05, 4.69) is 20.3 Å². The second kappa shape index (κ2) is 6.31. The molecule has 3 aromatic rings. The molecular weight excluding hydrogens is 318 g/mol. The molecule has 1 N–H and O–H groups in total. The van der Waals surface area contributed by atoms with Crippen molar-refractivity contribution in [1.29, 1.82) is 0 Å². The summed E-state index contributed by atoms with van der Waals surface area (Å²) in [5.74, 6) is 1.11. The lowest BCUT2D eigenvalue weighted by Gasteiger charge is -2.32. The molecule has 25 heavy (non-hydrogen) atoms. The maximum absolute atomic E-state index is 12.7. The highest BCUT2D eigenvalue weighted by atomic mass is 16.5. The number of fused-ring (bicyclic) bond motifs is 1. The lowest BCUT2D eigenvalue weighted by Crippen LogP contribution is -2.40. The number of rotatable bonds is 3. The number of aromatic amines is 1. The summed E-state index contributed by atoms with van der Waals surface area (Å²) in [6.07, 6.45) is 4.15. The van der Waals surface area contributed by atoms with E-state index < -0.39 is 0 Å². The van der Waals surface area contributed by atoms with Gasteiger partial charge in [-0.1, -0.05) is 5.16 Å². The number of likely N-dealkylation sites (tertiary alicyclic amines) is 1. The first-order valence-electron chi connectivity index (χ1n) is 8.61. The number of carbonyl (C=O) groups is 1. The third-order valence-corrected chi connectivity index (χ3v) is 5.02. The van der Waals surface area contributed by atoms with Crippen molar-refractivity contribution in [2.45, 2.75) is 39.0 Å². The van der Waals surface area contributed by atoms with Crippen molar-refractivity contribution in [2.24, 2.45) is 0 Å². The van der Waals surface area contributed by atoms with Crippen LogP contribution in [0.15, 0.2) is 22.9 Å². The molecule has 7 heteroatoms. The largest absolute Gasteiger partial charge is 0.361 e. The van der Waals surface area contributed by atoms with E-state index in [0.29, 0.717) is 13.0 Å². The molecule has 1 aliphatic heterocycles. The number of carbonyl (C=O) groups excluding carboxylic acids is 1. The number of amides is 1. The van der Waals surface area contributed by atoms with Gasteiger partial charge in [0.15, 0.2) is 5.65 Å². The molecule has 0 spiro atoms. The highest BCUT2D eigenvalue weighted by molar-refractivity contribution is 5.79. The standard InChI is InChI=1S/C18H21N5O2/c1-11-15(12(2)25-22-11)8-17(24)23-7-3-4-14(10-23)16-6-5-13-9-19-21-18(13)20-16/h5-6,9,14H,3-4,7-8,10H2,1-2H3,(H,19,20,21)/t14-/m0/s1. The second-order valence-corrected chi connectivity index (χ2v) is 6.70. The Kier molecular flexibility index (Phi) is 3.99. The van der Waals surface area contributed by atoms with E-state index >= 15 is 0 Å². The Labute approximate surface area is 145 Å². The third kappa shape index (κ3) is 3.01. The van der Waals surface area contributed by atoms with Crippen molar-refractivity contribution < 1.29 is 9.32 Å². The zero-order chi connectivity index (χ0) is 17.4. The predicted octanol–water partition coefficient (Wildman–Crippen LogP) is 2.51. The van der Waals surface area contributed by atoms with Crippen molar-refractivity contribution >= 4 is 16.9 Å². The average molecular weight is 339 g/mol. The lowest BCUT2D eigenvalue weighted by molar-refractivity contribution is -0.131. The van der Waals surface area contributed by atoms with Gasteiger partial charge in [0.2, 0.25) is 5.91 Å². The minimum Gasteiger partial charge on any atom is -0.361 e. The summed E-state index contributed by atoms with van der Waals surface area (Å²) in [5.41, 5.74) is 3.53.